The molecule has 3 aromatic rings. The fourth-order valence-corrected chi connectivity index (χ4v) is 4.33. The zero-order valence-corrected chi connectivity index (χ0v) is 17.3. The molecule has 2 atom stereocenters. The van der Waals surface area contributed by atoms with Crippen LogP contribution in [0.2, 0.25) is 0 Å². The molecule has 29 heavy (non-hydrogen) atoms. The number of carbonyl (C=O) groups is 1. The smallest absolute Gasteiger partial charge is 0.233 e. The topological polar surface area (TPSA) is 73.4 Å². The normalized spacial score (nSPS) is 19.4. The Morgan fingerprint density at radius 2 is 1.86 bits per heavy atom. The Balaban J connectivity index is 1.51. The van der Waals surface area contributed by atoms with Gasteiger partial charge < -0.3 is 14.1 Å². The number of benzene rings is 1. The van der Waals surface area contributed by atoms with Crippen molar-refractivity contribution in [1.82, 2.24) is 19.7 Å². The minimum atomic E-state index is 0.0555. The van der Waals surface area contributed by atoms with Crippen LogP contribution in [0, 0.1) is 0 Å². The molecule has 0 radical (unpaired) electrons. The monoisotopic (exact) mass is 412 g/mol. The largest absolute Gasteiger partial charge is 0.461 e. The van der Waals surface area contributed by atoms with Gasteiger partial charge in [0.2, 0.25) is 11.7 Å². The summed E-state index contributed by atoms with van der Waals surface area (Å²) in [5, 5.41) is 9.36. The summed E-state index contributed by atoms with van der Waals surface area (Å²) >= 11 is 1.40. The number of rotatable bonds is 6. The van der Waals surface area contributed by atoms with Crippen LogP contribution in [0.3, 0.4) is 0 Å². The standard InChI is InChI=1S/C21H24N4O3S/c1-15-11-24(12-16(2)28-15)19(26)14-29-21-23-22-20(18-9-6-10-27-18)25(21)13-17-7-4-3-5-8-17/h3-10,15-16H,11-14H2,1-2H3. The molecule has 0 spiro atoms. The van der Waals surface area contributed by atoms with E-state index in [1.54, 1.807) is 6.26 Å². The van der Waals surface area contributed by atoms with Gasteiger partial charge in [-0.3, -0.25) is 9.36 Å². The number of ether oxygens (including phenoxy) is 1. The Labute approximate surface area is 174 Å². The van der Waals surface area contributed by atoms with E-state index < -0.39 is 0 Å². The van der Waals surface area contributed by atoms with E-state index in [0.717, 1.165) is 5.56 Å². The molecular formula is C21H24N4O3S. The summed E-state index contributed by atoms with van der Waals surface area (Å²) in [6.07, 6.45) is 1.73. The van der Waals surface area contributed by atoms with Crippen molar-refractivity contribution < 1.29 is 13.9 Å². The first-order valence-corrected chi connectivity index (χ1v) is 10.7. The first-order chi connectivity index (χ1) is 14.1. The first-order valence-electron chi connectivity index (χ1n) is 9.67. The maximum atomic E-state index is 12.7. The van der Waals surface area contributed by atoms with Gasteiger partial charge in [0.1, 0.15) is 0 Å². The van der Waals surface area contributed by atoms with E-state index in [1.807, 2.05) is 53.6 Å². The summed E-state index contributed by atoms with van der Waals surface area (Å²) in [5.74, 6) is 1.71. The van der Waals surface area contributed by atoms with Crippen molar-refractivity contribution in [3.8, 4) is 11.6 Å². The SMILES string of the molecule is CC1CN(C(=O)CSc2nnc(-c3ccco3)n2Cc2ccccc2)CC(C)O1. The Morgan fingerprint density at radius 1 is 1.10 bits per heavy atom. The van der Waals surface area contributed by atoms with E-state index in [1.165, 1.54) is 11.8 Å². The van der Waals surface area contributed by atoms with Gasteiger partial charge in [0, 0.05) is 13.1 Å². The molecule has 0 bridgehead atoms. The third-order valence-corrected chi connectivity index (χ3v) is 5.69. The average molecular weight is 413 g/mol. The predicted molar refractivity (Wildman–Crippen MR) is 111 cm³/mol. The highest BCUT2D eigenvalue weighted by molar-refractivity contribution is 7.99. The molecule has 3 heterocycles. The second-order valence-electron chi connectivity index (χ2n) is 7.20. The van der Waals surface area contributed by atoms with Gasteiger partial charge >= 0.3 is 0 Å². The van der Waals surface area contributed by atoms with Crippen LogP contribution in [0.15, 0.2) is 58.3 Å². The molecule has 0 aliphatic carbocycles. The quantitative estimate of drug-likeness (QED) is 0.579. The number of hydrogen-bond donors (Lipinski definition) is 0. The maximum Gasteiger partial charge on any atom is 0.233 e. The highest BCUT2D eigenvalue weighted by Gasteiger charge is 2.26. The molecule has 1 aliphatic heterocycles. The second kappa shape index (κ2) is 8.84. The van der Waals surface area contributed by atoms with Gasteiger partial charge in [-0.1, -0.05) is 42.1 Å². The molecule has 4 rings (SSSR count). The van der Waals surface area contributed by atoms with Crippen molar-refractivity contribution in [1.29, 1.82) is 0 Å². The van der Waals surface area contributed by atoms with E-state index in [-0.39, 0.29) is 18.1 Å². The number of amides is 1. The van der Waals surface area contributed by atoms with Gasteiger partial charge in [0.25, 0.3) is 0 Å². The lowest BCUT2D eigenvalue weighted by Crippen LogP contribution is -2.48. The van der Waals surface area contributed by atoms with Crippen LogP contribution in [0.5, 0.6) is 0 Å². The van der Waals surface area contributed by atoms with Gasteiger partial charge in [-0.25, -0.2) is 0 Å². The van der Waals surface area contributed by atoms with Gasteiger partial charge in [-0.05, 0) is 31.5 Å². The predicted octanol–water partition coefficient (Wildman–Crippen LogP) is 3.31. The van der Waals surface area contributed by atoms with Gasteiger partial charge in [0.05, 0.1) is 30.8 Å². The molecule has 1 amide bonds. The van der Waals surface area contributed by atoms with E-state index in [4.69, 9.17) is 9.15 Å². The minimum absolute atomic E-state index is 0.0555. The number of morpholine rings is 1. The lowest BCUT2D eigenvalue weighted by molar-refractivity contribution is -0.140. The van der Waals surface area contributed by atoms with Crippen LogP contribution in [0.25, 0.3) is 11.6 Å². The van der Waals surface area contributed by atoms with Crippen LogP contribution >= 0.6 is 11.8 Å². The zero-order valence-electron chi connectivity index (χ0n) is 16.5. The van der Waals surface area contributed by atoms with Crippen molar-refractivity contribution in [2.75, 3.05) is 18.8 Å². The molecule has 8 heteroatoms. The third kappa shape index (κ3) is 4.71. The maximum absolute atomic E-state index is 12.7. The van der Waals surface area contributed by atoms with Gasteiger partial charge in [-0.2, -0.15) is 0 Å². The zero-order chi connectivity index (χ0) is 20.2. The first kappa shape index (κ1) is 19.7. The van der Waals surface area contributed by atoms with Crippen molar-refractivity contribution in [2.24, 2.45) is 0 Å². The molecular weight excluding hydrogens is 388 g/mol. The molecule has 0 N–H and O–H groups in total. The van der Waals surface area contributed by atoms with Crippen molar-refractivity contribution in [2.45, 2.75) is 37.8 Å². The Bertz CT molecular complexity index is 932. The number of thioether (sulfide) groups is 1. The molecule has 2 aromatic heterocycles. The molecule has 1 aromatic carbocycles. The second-order valence-corrected chi connectivity index (χ2v) is 8.14. The molecule has 1 fully saturated rings. The summed E-state index contributed by atoms with van der Waals surface area (Å²) in [7, 11) is 0. The van der Waals surface area contributed by atoms with Crippen LogP contribution in [-0.4, -0.2) is 56.6 Å². The van der Waals surface area contributed by atoms with Gasteiger partial charge in [0.15, 0.2) is 10.9 Å². The van der Waals surface area contributed by atoms with E-state index >= 15 is 0 Å². The molecule has 0 saturated carbocycles. The summed E-state index contributed by atoms with van der Waals surface area (Å²) < 4.78 is 13.3. The van der Waals surface area contributed by atoms with Crippen LogP contribution in [0.1, 0.15) is 19.4 Å². The Hall–Kier alpha value is -2.58. The van der Waals surface area contributed by atoms with Crippen molar-refractivity contribution in [3.05, 3.63) is 54.3 Å². The highest BCUT2D eigenvalue weighted by atomic mass is 32.2. The van der Waals surface area contributed by atoms with E-state index in [0.29, 0.717) is 42.1 Å². The van der Waals surface area contributed by atoms with E-state index in [9.17, 15) is 4.79 Å². The Morgan fingerprint density at radius 3 is 2.55 bits per heavy atom. The minimum Gasteiger partial charge on any atom is -0.461 e. The van der Waals surface area contributed by atoms with Crippen LogP contribution in [-0.2, 0) is 16.1 Å². The number of hydrogen-bond acceptors (Lipinski definition) is 6. The lowest BCUT2D eigenvalue weighted by atomic mass is 10.2. The van der Waals surface area contributed by atoms with Crippen LogP contribution in [0.4, 0.5) is 0 Å². The molecule has 1 aliphatic rings. The number of aromatic nitrogens is 3. The molecule has 7 nitrogen and oxygen atoms in total. The summed E-state index contributed by atoms with van der Waals surface area (Å²) in [4.78, 5) is 14.6. The average Bonchev–Trinajstić information content (AvgIpc) is 3.36. The third-order valence-electron chi connectivity index (χ3n) is 4.74. The summed E-state index contributed by atoms with van der Waals surface area (Å²) in [6.45, 7) is 5.84. The number of carbonyl (C=O) groups excluding carboxylic acids is 1. The highest BCUT2D eigenvalue weighted by Crippen LogP contribution is 2.26. The summed E-state index contributed by atoms with van der Waals surface area (Å²) in [6, 6.07) is 13.8. The van der Waals surface area contributed by atoms with E-state index in [2.05, 4.69) is 22.3 Å². The van der Waals surface area contributed by atoms with Crippen molar-refractivity contribution >= 4 is 17.7 Å². The summed E-state index contributed by atoms with van der Waals surface area (Å²) in [5.41, 5.74) is 1.13. The fraction of sp³-hybridized carbons (Fsp3) is 0.381. The lowest BCUT2D eigenvalue weighted by Gasteiger charge is -2.35. The van der Waals surface area contributed by atoms with Crippen LogP contribution < -0.4 is 0 Å². The molecule has 152 valence electrons. The molecule has 2 unspecified atom stereocenters. The number of nitrogens with zero attached hydrogens (tertiary/aromatic N) is 4. The fourth-order valence-electron chi connectivity index (χ4n) is 3.49. The molecule has 1 saturated heterocycles. The van der Waals surface area contributed by atoms with Gasteiger partial charge in [-0.15, -0.1) is 10.2 Å². The van der Waals surface area contributed by atoms with Crippen molar-refractivity contribution in [3.63, 3.8) is 0 Å². The Kier molecular flexibility index (Phi) is 6.01. The number of furan rings is 1.